The summed E-state index contributed by atoms with van der Waals surface area (Å²) >= 11 is 6.08. The second-order valence-electron chi connectivity index (χ2n) is 9.08. The van der Waals surface area contributed by atoms with E-state index in [1.165, 1.54) is 25.3 Å². The van der Waals surface area contributed by atoms with E-state index in [1.807, 2.05) is 53.5 Å². The second-order valence-corrected chi connectivity index (χ2v) is 9.52. The van der Waals surface area contributed by atoms with E-state index in [4.69, 9.17) is 26.2 Å². The summed E-state index contributed by atoms with van der Waals surface area (Å²) in [6.07, 6.45) is 4.78. The SMILES string of the molecule is CCCCCCOc1ccc(C2Oc3ccc([N+](=O)[O-])cc3C3CC(c4ccc(Cl)cc4)=NN32)cc1. The van der Waals surface area contributed by atoms with Crippen LogP contribution in [0.4, 0.5) is 5.69 Å². The first kappa shape index (κ1) is 24.1. The third-order valence-corrected chi connectivity index (χ3v) is 6.85. The van der Waals surface area contributed by atoms with E-state index in [9.17, 15) is 10.1 Å². The number of hydrogen-bond donors (Lipinski definition) is 0. The summed E-state index contributed by atoms with van der Waals surface area (Å²) in [7, 11) is 0. The van der Waals surface area contributed by atoms with Crippen molar-refractivity contribution in [2.45, 2.75) is 51.3 Å². The average molecular weight is 506 g/mol. The minimum atomic E-state index is -0.465. The highest BCUT2D eigenvalue weighted by Crippen LogP contribution is 2.48. The van der Waals surface area contributed by atoms with Gasteiger partial charge in [-0.25, -0.2) is 5.01 Å². The minimum absolute atomic E-state index is 0.0381. The van der Waals surface area contributed by atoms with Crippen molar-refractivity contribution >= 4 is 23.0 Å². The lowest BCUT2D eigenvalue weighted by molar-refractivity contribution is -0.385. The van der Waals surface area contributed by atoms with Crippen LogP contribution in [0.5, 0.6) is 11.5 Å². The molecule has 8 heteroatoms. The van der Waals surface area contributed by atoms with Crippen LogP contribution in [0.1, 0.15) is 68.0 Å². The molecule has 2 unspecified atom stereocenters. The number of hydrazone groups is 1. The highest BCUT2D eigenvalue weighted by Gasteiger charge is 2.41. The topological polar surface area (TPSA) is 77.2 Å². The van der Waals surface area contributed by atoms with Gasteiger partial charge in [0.2, 0.25) is 6.23 Å². The molecule has 0 saturated carbocycles. The fourth-order valence-electron chi connectivity index (χ4n) is 4.67. The Morgan fingerprint density at radius 2 is 1.86 bits per heavy atom. The molecule has 0 aliphatic carbocycles. The molecule has 186 valence electrons. The zero-order valence-electron chi connectivity index (χ0n) is 20.1. The van der Waals surface area contributed by atoms with Crippen molar-refractivity contribution in [3.63, 3.8) is 0 Å². The molecule has 36 heavy (non-hydrogen) atoms. The molecule has 2 aliphatic rings. The van der Waals surface area contributed by atoms with E-state index >= 15 is 0 Å². The zero-order valence-corrected chi connectivity index (χ0v) is 20.9. The van der Waals surface area contributed by atoms with Gasteiger partial charge in [0.1, 0.15) is 11.5 Å². The third-order valence-electron chi connectivity index (χ3n) is 6.59. The first-order chi connectivity index (χ1) is 17.5. The molecule has 0 saturated heterocycles. The van der Waals surface area contributed by atoms with Gasteiger partial charge in [-0.15, -0.1) is 0 Å². The standard InChI is InChI=1S/C28H28ClN3O4/c1-2-3-4-5-16-35-23-13-8-20(9-14-23)28-31-26(18-25(30-31)19-6-10-21(29)11-7-19)24-17-22(32(33)34)12-15-27(24)36-28/h6-15,17,26,28H,2-5,16,18H2,1H3. The molecule has 0 fully saturated rings. The molecule has 3 aromatic rings. The van der Waals surface area contributed by atoms with Crippen LogP contribution in [0.2, 0.25) is 5.02 Å². The summed E-state index contributed by atoms with van der Waals surface area (Å²) in [6.45, 7) is 2.90. The maximum atomic E-state index is 11.4. The van der Waals surface area contributed by atoms with Gasteiger partial charge in [-0.2, -0.15) is 5.10 Å². The predicted octanol–water partition coefficient (Wildman–Crippen LogP) is 7.45. The molecule has 0 spiro atoms. The summed E-state index contributed by atoms with van der Waals surface area (Å²) in [6, 6.07) is 20.0. The van der Waals surface area contributed by atoms with Gasteiger partial charge in [-0.3, -0.25) is 10.1 Å². The molecule has 2 heterocycles. The summed E-state index contributed by atoms with van der Waals surface area (Å²) in [4.78, 5) is 11.1. The molecule has 2 atom stereocenters. The summed E-state index contributed by atoms with van der Waals surface area (Å²) in [5.41, 5.74) is 3.59. The molecule has 2 aliphatic heterocycles. The van der Waals surface area contributed by atoms with Gasteiger partial charge in [0.15, 0.2) is 0 Å². The molecule has 0 bridgehead atoms. The number of hydrogen-bond acceptors (Lipinski definition) is 6. The van der Waals surface area contributed by atoms with Crippen LogP contribution in [0.25, 0.3) is 0 Å². The van der Waals surface area contributed by atoms with Crippen molar-refractivity contribution in [2.75, 3.05) is 6.61 Å². The molecular formula is C28H28ClN3O4. The largest absolute Gasteiger partial charge is 0.494 e. The van der Waals surface area contributed by atoms with Crippen molar-refractivity contribution in [1.82, 2.24) is 5.01 Å². The smallest absolute Gasteiger partial charge is 0.270 e. The summed E-state index contributed by atoms with van der Waals surface area (Å²) < 4.78 is 12.3. The number of non-ortho nitro benzene ring substituents is 1. The third kappa shape index (κ3) is 5.02. The van der Waals surface area contributed by atoms with Crippen LogP contribution in [-0.4, -0.2) is 22.3 Å². The number of nitrogens with zero attached hydrogens (tertiary/aromatic N) is 3. The number of rotatable bonds is 9. The van der Waals surface area contributed by atoms with E-state index in [2.05, 4.69) is 6.92 Å². The van der Waals surface area contributed by atoms with Gasteiger partial charge in [0.25, 0.3) is 5.69 Å². The maximum Gasteiger partial charge on any atom is 0.270 e. The first-order valence-corrected chi connectivity index (χ1v) is 12.7. The Kier molecular flexibility index (Phi) is 7.09. The monoisotopic (exact) mass is 505 g/mol. The second kappa shape index (κ2) is 10.6. The number of ether oxygens (including phenoxy) is 2. The van der Waals surface area contributed by atoms with Crippen LogP contribution in [0.15, 0.2) is 71.8 Å². The highest BCUT2D eigenvalue weighted by molar-refractivity contribution is 6.30. The molecule has 0 radical (unpaired) electrons. The van der Waals surface area contributed by atoms with Gasteiger partial charge in [-0.05, 0) is 54.4 Å². The Morgan fingerprint density at radius 3 is 2.58 bits per heavy atom. The Bertz CT molecular complexity index is 1260. The lowest BCUT2D eigenvalue weighted by atomic mass is 9.95. The Morgan fingerprint density at radius 1 is 1.08 bits per heavy atom. The molecule has 0 aromatic heterocycles. The Hall–Kier alpha value is -3.58. The Balaban J connectivity index is 1.42. The van der Waals surface area contributed by atoms with Crippen molar-refractivity contribution in [1.29, 1.82) is 0 Å². The lowest BCUT2D eigenvalue weighted by Crippen LogP contribution is -2.33. The number of nitro groups is 1. The maximum absolute atomic E-state index is 11.4. The molecule has 5 rings (SSSR count). The number of halogens is 1. The van der Waals surface area contributed by atoms with Crippen LogP contribution in [0.3, 0.4) is 0 Å². The highest BCUT2D eigenvalue weighted by atomic mass is 35.5. The normalized spacial score (nSPS) is 18.2. The molecular weight excluding hydrogens is 478 g/mol. The van der Waals surface area contributed by atoms with E-state index < -0.39 is 6.23 Å². The van der Waals surface area contributed by atoms with Crippen molar-refractivity contribution in [3.8, 4) is 11.5 Å². The molecule has 7 nitrogen and oxygen atoms in total. The summed E-state index contributed by atoms with van der Waals surface area (Å²) in [5, 5.41) is 18.9. The summed E-state index contributed by atoms with van der Waals surface area (Å²) in [5.74, 6) is 1.46. The number of fused-ring (bicyclic) bond motifs is 3. The quantitative estimate of drug-likeness (QED) is 0.171. The van der Waals surface area contributed by atoms with Crippen LogP contribution in [0, 0.1) is 10.1 Å². The molecule has 3 aromatic carbocycles. The van der Waals surface area contributed by atoms with Crippen molar-refractivity contribution in [2.24, 2.45) is 5.10 Å². The van der Waals surface area contributed by atoms with E-state index in [0.717, 1.165) is 34.6 Å². The number of nitro benzene ring substituents is 1. The first-order valence-electron chi connectivity index (χ1n) is 12.3. The van der Waals surface area contributed by atoms with Crippen molar-refractivity contribution < 1.29 is 14.4 Å². The zero-order chi connectivity index (χ0) is 25.1. The van der Waals surface area contributed by atoms with Crippen molar-refractivity contribution in [3.05, 3.63) is 98.6 Å². The van der Waals surface area contributed by atoms with Gasteiger partial charge in [0.05, 0.1) is 23.3 Å². The van der Waals surface area contributed by atoms with Crippen LogP contribution < -0.4 is 9.47 Å². The van der Waals surface area contributed by atoms with Gasteiger partial charge >= 0.3 is 0 Å². The average Bonchev–Trinajstić information content (AvgIpc) is 3.34. The molecule has 0 amide bonds. The fourth-order valence-corrected chi connectivity index (χ4v) is 4.80. The van der Waals surface area contributed by atoms with Crippen LogP contribution in [-0.2, 0) is 0 Å². The Labute approximate surface area is 215 Å². The lowest BCUT2D eigenvalue weighted by Gasteiger charge is -2.38. The van der Waals surface area contributed by atoms with E-state index in [0.29, 0.717) is 23.8 Å². The number of unbranched alkanes of at least 4 members (excludes halogenated alkanes) is 3. The predicted molar refractivity (Wildman–Crippen MR) is 140 cm³/mol. The minimum Gasteiger partial charge on any atom is -0.494 e. The molecule has 0 N–H and O–H groups in total. The van der Waals surface area contributed by atoms with Crippen LogP contribution >= 0.6 is 11.6 Å². The van der Waals surface area contributed by atoms with E-state index in [-0.39, 0.29) is 16.7 Å². The van der Waals surface area contributed by atoms with Gasteiger partial charge < -0.3 is 9.47 Å². The van der Waals surface area contributed by atoms with Gasteiger partial charge in [0, 0.05) is 34.7 Å². The van der Waals surface area contributed by atoms with Gasteiger partial charge in [-0.1, -0.05) is 49.9 Å². The number of benzene rings is 3. The fraction of sp³-hybridized carbons (Fsp3) is 0.321. The van der Waals surface area contributed by atoms with E-state index in [1.54, 1.807) is 12.1 Å².